The lowest BCUT2D eigenvalue weighted by atomic mass is 10.1. The molecule has 0 fully saturated rings. The lowest BCUT2D eigenvalue weighted by molar-refractivity contribution is 0.0526. The predicted octanol–water partition coefficient (Wildman–Crippen LogP) is 3.32. The van der Waals surface area contributed by atoms with Gasteiger partial charge >= 0.3 is 5.97 Å². The van der Waals surface area contributed by atoms with E-state index in [9.17, 15) is 4.79 Å². The fraction of sp³-hybridized carbons (Fsp3) is 0.357. The third-order valence-corrected chi connectivity index (χ3v) is 2.63. The maximum absolute atomic E-state index is 11.9. The van der Waals surface area contributed by atoms with E-state index in [1.807, 2.05) is 19.1 Å². The molecule has 0 spiro atoms. The van der Waals surface area contributed by atoms with Gasteiger partial charge in [0.1, 0.15) is 22.7 Å². The van der Waals surface area contributed by atoms with Gasteiger partial charge in [-0.25, -0.2) is 4.79 Å². The number of carbonyl (C=O) groups excluding carboxylic acids is 1. The van der Waals surface area contributed by atoms with E-state index in [1.165, 1.54) is 0 Å². The summed E-state index contributed by atoms with van der Waals surface area (Å²) in [6.07, 6.45) is 0. The average molecular weight is 248 g/mol. The molecule has 1 aromatic heterocycles. The molecule has 1 heterocycles. The van der Waals surface area contributed by atoms with Crippen LogP contribution in [0.2, 0.25) is 0 Å². The Morgan fingerprint density at radius 3 is 2.72 bits per heavy atom. The van der Waals surface area contributed by atoms with E-state index >= 15 is 0 Å². The molecule has 1 aromatic carbocycles. The highest BCUT2D eigenvalue weighted by Gasteiger charge is 2.19. The fourth-order valence-corrected chi connectivity index (χ4v) is 1.91. The molecule has 18 heavy (non-hydrogen) atoms. The molecule has 0 aliphatic heterocycles. The summed E-state index contributed by atoms with van der Waals surface area (Å²) in [5.74, 6) is 0.927. The second kappa shape index (κ2) is 5.12. The van der Waals surface area contributed by atoms with E-state index in [0.717, 1.165) is 11.1 Å². The second-order valence-electron chi connectivity index (χ2n) is 3.84. The maximum Gasteiger partial charge on any atom is 0.342 e. The quantitative estimate of drug-likeness (QED) is 0.779. The van der Waals surface area contributed by atoms with Crippen molar-refractivity contribution in [1.29, 1.82) is 0 Å². The summed E-state index contributed by atoms with van der Waals surface area (Å²) in [6, 6.07) is 5.43. The largest absolute Gasteiger partial charge is 0.494 e. The minimum Gasteiger partial charge on any atom is -0.494 e. The first-order valence-corrected chi connectivity index (χ1v) is 6.00. The highest BCUT2D eigenvalue weighted by Crippen LogP contribution is 2.29. The molecule has 0 saturated carbocycles. The lowest BCUT2D eigenvalue weighted by Gasteiger charge is -2.03. The van der Waals surface area contributed by atoms with Gasteiger partial charge in [0.05, 0.1) is 13.2 Å². The molecule has 0 atom stereocenters. The monoisotopic (exact) mass is 248 g/mol. The second-order valence-corrected chi connectivity index (χ2v) is 3.84. The zero-order valence-corrected chi connectivity index (χ0v) is 10.8. The smallest absolute Gasteiger partial charge is 0.342 e. The van der Waals surface area contributed by atoms with Gasteiger partial charge in [0.15, 0.2) is 0 Å². The van der Waals surface area contributed by atoms with Crippen LogP contribution in [0.1, 0.15) is 30.0 Å². The number of rotatable bonds is 4. The van der Waals surface area contributed by atoms with Gasteiger partial charge in [0, 0.05) is 5.39 Å². The molecule has 4 heteroatoms. The minimum absolute atomic E-state index is 0.343. The van der Waals surface area contributed by atoms with Crippen molar-refractivity contribution in [2.45, 2.75) is 20.8 Å². The normalized spacial score (nSPS) is 10.6. The van der Waals surface area contributed by atoms with Crippen LogP contribution in [0.5, 0.6) is 5.75 Å². The number of furan rings is 1. The molecule has 0 saturated heterocycles. The van der Waals surface area contributed by atoms with Crippen LogP contribution in [-0.2, 0) is 4.74 Å². The van der Waals surface area contributed by atoms with E-state index in [2.05, 4.69) is 0 Å². The van der Waals surface area contributed by atoms with Crippen LogP contribution >= 0.6 is 0 Å². The van der Waals surface area contributed by atoms with Crippen molar-refractivity contribution < 1.29 is 18.7 Å². The number of ether oxygens (including phenoxy) is 2. The van der Waals surface area contributed by atoms with Crippen LogP contribution in [0.15, 0.2) is 22.6 Å². The van der Waals surface area contributed by atoms with Crippen LogP contribution in [0.3, 0.4) is 0 Å². The third-order valence-electron chi connectivity index (χ3n) is 2.63. The first-order valence-electron chi connectivity index (χ1n) is 6.00. The Balaban J connectivity index is 2.53. The van der Waals surface area contributed by atoms with Gasteiger partial charge in [-0.1, -0.05) is 0 Å². The van der Waals surface area contributed by atoms with Crippen molar-refractivity contribution in [1.82, 2.24) is 0 Å². The molecule has 0 aliphatic carbocycles. The molecule has 0 amide bonds. The first kappa shape index (κ1) is 12.5. The molecule has 2 rings (SSSR count). The predicted molar refractivity (Wildman–Crippen MR) is 68.1 cm³/mol. The topological polar surface area (TPSA) is 48.7 Å². The third kappa shape index (κ3) is 2.18. The molecule has 0 aliphatic rings. The van der Waals surface area contributed by atoms with E-state index in [4.69, 9.17) is 13.9 Å². The van der Waals surface area contributed by atoms with E-state index in [-0.39, 0.29) is 5.97 Å². The Kier molecular flexibility index (Phi) is 3.55. The van der Waals surface area contributed by atoms with Gasteiger partial charge in [0.25, 0.3) is 0 Å². The molecule has 0 radical (unpaired) electrons. The summed E-state index contributed by atoms with van der Waals surface area (Å²) in [5.41, 5.74) is 1.15. The van der Waals surface area contributed by atoms with Crippen LogP contribution in [0.25, 0.3) is 11.0 Å². The SMILES string of the molecule is CCOC(=O)c1c(C)oc2ccc(OCC)cc12. The van der Waals surface area contributed by atoms with Crippen LogP contribution in [-0.4, -0.2) is 19.2 Å². The lowest BCUT2D eigenvalue weighted by Crippen LogP contribution is -2.05. The number of carbonyl (C=O) groups is 1. The molecular formula is C14H16O4. The summed E-state index contributed by atoms with van der Waals surface area (Å²) in [6.45, 7) is 6.37. The van der Waals surface area contributed by atoms with Crippen LogP contribution in [0.4, 0.5) is 0 Å². The van der Waals surface area contributed by atoms with Gasteiger partial charge in [-0.2, -0.15) is 0 Å². The number of fused-ring (bicyclic) bond motifs is 1. The molecule has 96 valence electrons. The van der Waals surface area contributed by atoms with E-state index in [1.54, 1.807) is 19.9 Å². The average Bonchev–Trinajstić information content (AvgIpc) is 2.65. The van der Waals surface area contributed by atoms with Crippen molar-refractivity contribution in [2.24, 2.45) is 0 Å². The van der Waals surface area contributed by atoms with E-state index < -0.39 is 0 Å². The zero-order chi connectivity index (χ0) is 13.1. The Bertz CT molecular complexity index is 568. The zero-order valence-electron chi connectivity index (χ0n) is 10.8. The molecule has 0 unspecified atom stereocenters. The molecule has 2 aromatic rings. The highest BCUT2D eigenvalue weighted by atomic mass is 16.5. The van der Waals surface area contributed by atoms with Gasteiger partial charge in [-0.05, 0) is 39.0 Å². The number of hydrogen-bond acceptors (Lipinski definition) is 4. The molecule has 4 nitrogen and oxygen atoms in total. The minimum atomic E-state index is -0.359. The van der Waals surface area contributed by atoms with Gasteiger partial charge in [0.2, 0.25) is 0 Å². The number of benzene rings is 1. The first-order chi connectivity index (χ1) is 8.67. The Labute approximate surface area is 105 Å². The van der Waals surface area contributed by atoms with Crippen molar-refractivity contribution in [3.8, 4) is 5.75 Å². The molecular weight excluding hydrogens is 232 g/mol. The fourth-order valence-electron chi connectivity index (χ4n) is 1.91. The number of esters is 1. The Hall–Kier alpha value is -1.97. The molecule has 0 N–H and O–H groups in total. The standard InChI is InChI=1S/C14H16O4/c1-4-16-10-6-7-12-11(8-10)13(9(3)18-12)14(15)17-5-2/h6-8H,4-5H2,1-3H3. The van der Waals surface area contributed by atoms with Crippen molar-refractivity contribution in [3.05, 3.63) is 29.5 Å². The number of hydrogen-bond donors (Lipinski definition) is 0. The van der Waals surface area contributed by atoms with Gasteiger partial charge in [-0.3, -0.25) is 0 Å². The van der Waals surface area contributed by atoms with Crippen molar-refractivity contribution in [3.63, 3.8) is 0 Å². The maximum atomic E-state index is 11.9. The van der Waals surface area contributed by atoms with Crippen molar-refractivity contribution in [2.75, 3.05) is 13.2 Å². The highest BCUT2D eigenvalue weighted by molar-refractivity contribution is 6.04. The van der Waals surface area contributed by atoms with Crippen molar-refractivity contribution >= 4 is 16.9 Å². The van der Waals surface area contributed by atoms with Gasteiger partial charge in [-0.15, -0.1) is 0 Å². The number of aryl methyl sites for hydroxylation is 1. The van der Waals surface area contributed by atoms with Gasteiger partial charge < -0.3 is 13.9 Å². The summed E-state index contributed by atoms with van der Waals surface area (Å²) >= 11 is 0. The Morgan fingerprint density at radius 2 is 2.06 bits per heavy atom. The summed E-state index contributed by atoms with van der Waals surface area (Å²) in [5, 5.41) is 0.733. The summed E-state index contributed by atoms with van der Waals surface area (Å²) in [4.78, 5) is 11.9. The Morgan fingerprint density at radius 1 is 1.28 bits per heavy atom. The van der Waals surface area contributed by atoms with Crippen LogP contribution in [0, 0.1) is 6.92 Å². The van der Waals surface area contributed by atoms with E-state index in [0.29, 0.717) is 30.1 Å². The summed E-state index contributed by atoms with van der Waals surface area (Å²) in [7, 11) is 0. The molecule has 0 bridgehead atoms. The van der Waals surface area contributed by atoms with Crippen LogP contribution < -0.4 is 4.74 Å². The summed E-state index contributed by atoms with van der Waals surface area (Å²) < 4.78 is 16.0.